The number of halogens is 1. The second kappa shape index (κ2) is 6.61. The van der Waals surface area contributed by atoms with Gasteiger partial charge < -0.3 is 15.2 Å². The molecule has 0 unspecified atom stereocenters. The predicted molar refractivity (Wildman–Crippen MR) is 106 cm³/mol. The first kappa shape index (κ1) is 16.8. The zero-order valence-corrected chi connectivity index (χ0v) is 15.9. The van der Waals surface area contributed by atoms with Gasteiger partial charge in [0.1, 0.15) is 6.54 Å². The summed E-state index contributed by atoms with van der Waals surface area (Å²) in [6.07, 6.45) is 1.17. The van der Waals surface area contributed by atoms with Crippen molar-refractivity contribution in [3.8, 4) is 0 Å². The number of rotatable bonds is 3. The van der Waals surface area contributed by atoms with Crippen molar-refractivity contribution in [2.45, 2.75) is 26.3 Å². The Morgan fingerprint density at radius 3 is 2.88 bits per heavy atom. The number of anilines is 2. The molecule has 0 saturated heterocycles. The van der Waals surface area contributed by atoms with Crippen LogP contribution in [0.3, 0.4) is 0 Å². The Bertz CT molecular complexity index is 1040. The predicted octanol–water partition coefficient (Wildman–Crippen LogP) is 4.24. The SMILES string of the molecule is Cc1c(Br)c2ccccc2n1CC(=O)Nc1ccc2c(c1)CCC(=O)N2. The van der Waals surface area contributed by atoms with E-state index in [2.05, 4.69) is 26.6 Å². The fourth-order valence-corrected chi connectivity index (χ4v) is 3.95. The van der Waals surface area contributed by atoms with Crippen molar-refractivity contribution in [2.75, 3.05) is 10.6 Å². The molecule has 132 valence electrons. The van der Waals surface area contributed by atoms with Crippen LogP contribution in [0.5, 0.6) is 0 Å². The molecule has 2 N–H and O–H groups in total. The lowest BCUT2D eigenvalue weighted by molar-refractivity contribution is -0.117. The third kappa shape index (κ3) is 3.01. The Morgan fingerprint density at radius 1 is 1.23 bits per heavy atom. The number of carbonyl (C=O) groups is 2. The van der Waals surface area contributed by atoms with Gasteiger partial charge in [-0.2, -0.15) is 0 Å². The van der Waals surface area contributed by atoms with Gasteiger partial charge in [0.15, 0.2) is 0 Å². The van der Waals surface area contributed by atoms with Gasteiger partial charge in [-0.05, 0) is 59.1 Å². The highest BCUT2D eigenvalue weighted by molar-refractivity contribution is 9.10. The minimum atomic E-state index is -0.0823. The maximum Gasteiger partial charge on any atom is 0.244 e. The van der Waals surface area contributed by atoms with E-state index in [0.717, 1.165) is 38.0 Å². The maximum atomic E-state index is 12.6. The highest BCUT2D eigenvalue weighted by Crippen LogP contribution is 2.30. The molecule has 2 aromatic carbocycles. The van der Waals surface area contributed by atoms with E-state index in [1.807, 2.05) is 54.0 Å². The number of hydrogen-bond acceptors (Lipinski definition) is 2. The van der Waals surface area contributed by atoms with Crippen LogP contribution in [0.25, 0.3) is 10.9 Å². The first-order valence-electron chi connectivity index (χ1n) is 8.49. The molecule has 6 heteroatoms. The molecule has 0 atom stereocenters. The summed E-state index contributed by atoms with van der Waals surface area (Å²) in [5, 5.41) is 6.91. The molecular formula is C20H18BrN3O2. The van der Waals surface area contributed by atoms with Crippen molar-refractivity contribution in [3.63, 3.8) is 0 Å². The first-order chi connectivity index (χ1) is 12.5. The lowest BCUT2D eigenvalue weighted by atomic mass is 10.0. The van der Waals surface area contributed by atoms with Gasteiger partial charge in [0.05, 0.1) is 0 Å². The third-order valence-corrected chi connectivity index (χ3v) is 5.74. The van der Waals surface area contributed by atoms with Gasteiger partial charge >= 0.3 is 0 Å². The van der Waals surface area contributed by atoms with Crippen molar-refractivity contribution >= 4 is 50.0 Å². The van der Waals surface area contributed by atoms with Crippen LogP contribution in [0.15, 0.2) is 46.9 Å². The van der Waals surface area contributed by atoms with E-state index >= 15 is 0 Å². The lowest BCUT2D eigenvalue weighted by Gasteiger charge is -2.18. The van der Waals surface area contributed by atoms with Crippen molar-refractivity contribution in [2.24, 2.45) is 0 Å². The summed E-state index contributed by atoms with van der Waals surface area (Å²) in [6.45, 7) is 2.24. The minimum Gasteiger partial charge on any atom is -0.334 e. The second-order valence-corrected chi connectivity index (χ2v) is 7.26. The molecule has 0 fully saturated rings. The van der Waals surface area contributed by atoms with Gasteiger partial charge in [0.2, 0.25) is 11.8 Å². The maximum absolute atomic E-state index is 12.6. The van der Waals surface area contributed by atoms with E-state index in [-0.39, 0.29) is 18.4 Å². The average Bonchev–Trinajstić information content (AvgIpc) is 2.87. The molecule has 3 aromatic rings. The normalized spacial score (nSPS) is 13.4. The molecule has 0 spiro atoms. The van der Waals surface area contributed by atoms with Crippen LogP contribution in [-0.2, 0) is 22.6 Å². The Labute approximate surface area is 159 Å². The molecule has 0 saturated carbocycles. The molecule has 0 aliphatic carbocycles. The summed E-state index contributed by atoms with van der Waals surface area (Å²) < 4.78 is 3.03. The Balaban J connectivity index is 1.55. The summed E-state index contributed by atoms with van der Waals surface area (Å²) in [6, 6.07) is 13.6. The van der Waals surface area contributed by atoms with Gasteiger partial charge in [0, 0.05) is 38.9 Å². The number of aromatic nitrogens is 1. The van der Waals surface area contributed by atoms with Crippen molar-refractivity contribution in [1.29, 1.82) is 0 Å². The molecule has 1 aromatic heterocycles. The fourth-order valence-electron chi connectivity index (χ4n) is 3.40. The average molecular weight is 412 g/mol. The zero-order valence-electron chi connectivity index (χ0n) is 14.3. The zero-order chi connectivity index (χ0) is 18.3. The molecular weight excluding hydrogens is 394 g/mol. The van der Waals surface area contributed by atoms with Crippen molar-refractivity contribution < 1.29 is 9.59 Å². The van der Waals surface area contributed by atoms with Crippen LogP contribution in [0, 0.1) is 6.92 Å². The number of amides is 2. The van der Waals surface area contributed by atoms with E-state index in [0.29, 0.717) is 12.8 Å². The van der Waals surface area contributed by atoms with Gasteiger partial charge in [0.25, 0.3) is 0 Å². The smallest absolute Gasteiger partial charge is 0.244 e. The summed E-state index contributed by atoms with van der Waals surface area (Å²) in [5.74, 6) is -0.0454. The number of para-hydroxylation sites is 1. The molecule has 2 heterocycles. The summed E-state index contributed by atoms with van der Waals surface area (Å²) in [5.41, 5.74) is 4.68. The summed E-state index contributed by atoms with van der Waals surface area (Å²) in [4.78, 5) is 24.0. The molecule has 1 aliphatic rings. The van der Waals surface area contributed by atoms with Crippen LogP contribution >= 0.6 is 15.9 Å². The van der Waals surface area contributed by atoms with Crippen LogP contribution in [0.4, 0.5) is 11.4 Å². The number of carbonyl (C=O) groups excluding carboxylic acids is 2. The van der Waals surface area contributed by atoms with Crippen LogP contribution < -0.4 is 10.6 Å². The van der Waals surface area contributed by atoms with Gasteiger partial charge in [-0.15, -0.1) is 0 Å². The fraction of sp³-hybridized carbons (Fsp3) is 0.200. The van der Waals surface area contributed by atoms with Crippen LogP contribution in [0.2, 0.25) is 0 Å². The standard InChI is InChI=1S/C20H18BrN3O2/c1-12-20(21)15-4-2-3-5-17(15)24(12)11-19(26)22-14-7-8-16-13(10-14)6-9-18(25)23-16/h2-5,7-8,10H,6,9,11H2,1H3,(H,22,26)(H,23,25). The molecule has 4 rings (SSSR count). The minimum absolute atomic E-state index is 0.0369. The second-order valence-electron chi connectivity index (χ2n) is 6.47. The number of nitrogens with one attached hydrogen (secondary N) is 2. The van der Waals surface area contributed by atoms with Crippen LogP contribution in [0.1, 0.15) is 17.7 Å². The quantitative estimate of drug-likeness (QED) is 0.676. The number of benzene rings is 2. The van der Waals surface area contributed by atoms with Crippen molar-refractivity contribution in [3.05, 3.63) is 58.2 Å². The van der Waals surface area contributed by atoms with Gasteiger partial charge in [-0.25, -0.2) is 0 Å². The van der Waals surface area contributed by atoms with Gasteiger partial charge in [-0.3, -0.25) is 9.59 Å². The third-order valence-electron chi connectivity index (χ3n) is 4.74. The molecule has 26 heavy (non-hydrogen) atoms. The topological polar surface area (TPSA) is 63.1 Å². The monoisotopic (exact) mass is 411 g/mol. The number of aryl methyl sites for hydroxylation is 1. The molecule has 0 bridgehead atoms. The molecule has 2 amide bonds. The Kier molecular flexibility index (Phi) is 4.28. The molecule has 0 radical (unpaired) electrons. The Morgan fingerprint density at radius 2 is 2.04 bits per heavy atom. The van der Waals surface area contributed by atoms with Crippen LogP contribution in [-0.4, -0.2) is 16.4 Å². The summed E-state index contributed by atoms with van der Waals surface area (Å²) >= 11 is 3.62. The lowest BCUT2D eigenvalue weighted by Crippen LogP contribution is -2.21. The van der Waals surface area contributed by atoms with E-state index in [1.165, 1.54) is 0 Å². The number of nitrogens with zero attached hydrogens (tertiary/aromatic N) is 1. The summed E-state index contributed by atoms with van der Waals surface area (Å²) in [7, 11) is 0. The number of fused-ring (bicyclic) bond motifs is 2. The first-order valence-corrected chi connectivity index (χ1v) is 9.28. The highest BCUT2D eigenvalue weighted by atomic mass is 79.9. The highest BCUT2D eigenvalue weighted by Gasteiger charge is 2.17. The molecule has 1 aliphatic heterocycles. The van der Waals surface area contributed by atoms with E-state index in [4.69, 9.17) is 0 Å². The van der Waals surface area contributed by atoms with E-state index < -0.39 is 0 Å². The largest absolute Gasteiger partial charge is 0.334 e. The van der Waals surface area contributed by atoms with Crippen molar-refractivity contribution in [1.82, 2.24) is 4.57 Å². The Hall–Kier alpha value is -2.60. The van der Waals surface area contributed by atoms with E-state index in [9.17, 15) is 9.59 Å². The van der Waals surface area contributed by atoms with E-state index in [1.54, 1.807) is 0 Å². The number of hydrogen-bond donors (Lipinski definition) is 2. The molecule has 5 nitrogen and oxygen atoms in total. The van der Waals surface area contributed by atoms with Gasteiger partial charge in [-0.1, -0.05) is 18.2 Å².